The van der Waals surface area contributed by atoms with Gasteiger partial charge in [0, 0.05) is 16.5 Å². The Morgan fingerprint density at radius 2 is 1.68 bits per heavy atom. The van der Waals surface area contributed by atoms with Gasteiger partial charge in [-0.3, -0.25) is 4.79 Å². The number of esters is 1. The molecule has 0 bridgehead atoms. The average Bonchev–Trinajstić information content (AvgIpc) is 3.18. The van der Waals surface area contributed by atoms with Gasteiger partial charge in [0.1, 0.15) is 6.54 Å². The Labute approximate surface area is 197 Å². The molecule has 0 saturated heterocycles. The number of aliphatic imine (C=N–C) groups is 1. The van der Waals surface area contributed by atoms with Crippen molar-refractivity contribution in [1.82, 2.24) is 9.71 Å². The minimum atomic E-state index is -3.89. The fraction of sp³-hybridized carbons (Fsp3) is 0.120. The fourth-order valence-corrected chi connectivity index (χ4v) is 4.48. The summed E-state index contributed by atoms with van der Waals surface area (Å²) in [5.41, 5.74) is 3.14. The van der Waals surface area contributed by atoms with Gasteiger partial charge < -0.3 is 14.8 Å². The van der Waals surface area contributed by atoms with Crippen molar-refractivity contribution in [3.05, 3.63) is 90.0 Å². The zero-order valence-electron chi connectivity index (χ0n) is 18.4. The number of nitrogens with one attached hydrogen (secondary N) is 2. The van der Waals surface area contributed by atoms with Gasteiger partial charge in [-0.25, -0.2) is 13.4 Å². The number of fused-ring (bicyclic) bond motifs is 1. The second kappa shape index (κ2) is 9.90. The van der Waals surface area contributed by atoms with Gasteiger partial charge in [-0.1, -0.05) is 48.5 Å². The lowest BCUT2D eigenvalue weighted by atomic mass is 10.0. The van der Waals surface area contributed by atoms with Crippen LogP contribution in [0, 0.1) is 0 Å². The maximum absolute atomic E-state index is 12.5. The summed E-state index contributed by atoms with van der Waals surface area (Å²) < 4.78 is 31.9. The Hall–Kier alpha value is -3.95. The predicted molar refractivity (Wildman–Crippen MR) is 130 cm³/mol. The molecule has 0 fully saturated rings. The molecule has 4 rings (SSSR count). The van der Waals surface area contributed by atoms with Crippen LogP contribution in [0.15, 0.2) is 88.8 Å². The third-order valence-electron chi connectivity index (χ3n) is 5.07. The second-order valence-electron chi connectivity index (χ2n) is 7.34. The van der Waals surface area contributed by atoms with Gasteiger partial charge in [0.05, 0.1) is 28.5 Å². The van der Waals surface area contributed by atoms with Crippen molar-refractivity contribution in [3.8, 4) is 5.88 Å². The summed E-state index contributed by atoms with van der Waals surface area (Å²) >= 11 is 0. The summed E-state index contributed by atoms with van der Waals surface area (Å²) in [4.78, 5) is 19.2. The number of hydrogen-bond acceptors (Lipinski definition) is 6. The number of sulfonamides is 1. The van der Waals surface area contributed by atoms with Gasteiger partial charge in [0.2, 0.25) is 10.0 Å². The monoisotopic (exact) mass is 477 g/mol. The van der Waals surface area contributed by atoms with Crippen molar-refractivity contribution in [2.45, 2.75) is 11.8 Å². The number of hydrogen-bond donors (Lipinski definition) is 3. The summed E-state index contributed by atoms with van der Waals surface area (Å²) in [7, 11) is -3.89. The molecule has 8 nitrogen and oxygen atoms in total. The van der Waals surface area contributed by atoms with E-state index in [0.29, 0.717) is 17.0 Å². The van der Waals surface area contributed by atoms with Crippen LogP contribution in [0.25, 0.3) is 10.9 Å². The molecule has 174 valence electrons. The smallest absolute Gasteiger partial charge is 0.321 e. The summed E-state index contributed by atoms with van der Waals surface area (Å²) in [6.45, 7) is 1.36. The van der Waals surface area contributed by atoms with Crippen LogP contribution in [0.2, 0.25) is 0 Å². The van der Waals surface area contributed by atoms with E-state index in [1.807, 2.05) is 54.6 Å². The number of rotatable bonds is 8. The molecule has 0 saturated carbocycles. The molecule has 3 aromatic carbocycles. The van der Waals surface area contributed by atoms with Crippen molar-refractivity contribution in [2.24, 2.45) is 4.99 Å². The number of benzene rings is 3. The van der Waals surface area contributed by atoms with Crippen molar-refractivity contribution in [1.29, 1.82) is 0 Å². The number of aromatic amines is 1. The molecule has 0 amide bonds. The number of ether oxygens (including phenoxy) is 1. The number of para-hydroxylation sites is 1. The summed E-state index contributed by atoms with van der Waals surface area (Å²) in [6.07, 6.45) is 0. The van der Waals surface area contributed by atoms with E-state index in [-0.39, 0.29) is 17.4 Å². The van der Waals surface area contributed by atoms with Crippen LogP contribution in [0.3, 0.4) is 0 Å². The first-order valence-corrected chi connectivity index (χ1v) is 12.1. The van der Waals surface area contributed by atoms with E-state index in [1.54, 1.807) is 19.1 Å². The Kier molecular flexibility index (Phi) is 6.76. The molecule has 0 spiro atoms. The molecule has 1 aromatic heterocycles. The van der Waals surface area contributed by atoms with Gasteiger partial charge in [-0.05, 0) is 37.3 Å². The Balaban J connectivity index is 1.71. The Bertz CT molecular complexity index is 1440. The fourth-order valence-electron chi connectivity index (χ4n) is 3.51. The van der Waals surface area contributed by atoms with Crippen molar-refractivity contribution >= 4 is 38.3 Å². The number of H-pyrrole nitrogens is 1. The highest BCUT2D eigenvalue weighted by Gasteiger charge is 2.19. The first kappa shape index (κ1) is 23.2. The van der Waals surface area contributed by atoms with Gasteiger partial charge in [-0.15, -0.1) is 0 Å². The van der Waals surface area contributed by atoms with E-state index >= 15 is 0 Å². The lowest BCUT2D eigenvalue weighted by molar-refractivity contribution is -0.141. The lowest BCUT2D eigenvalue weighted by Gasteiger charge is -2.09. The molecule has 0 radical (unpaired) electrons. The molecule has 0 aliphatic rings. The summed E-state index contributed by atoms with van der Waals surface area (Å²) in [5, 5.41) is 11.5. The zero-order valence-corrected chi connectivity index (χ0v) is 19.2. The number of carbonyl (C=O) groups is 1. The zero-order chi connectivity index (χ0) is 24.1. The predicted octanol–water partition coefficient (Wildman–Crippen LogP) is 3.88. The minimum Gasteiger partial charge on any atom is -0.494 e. The maximum atomic E-state index is 12.5. The first-order valence-electron chi connectivity index (χ1n) is 10.6. The van der Waals surface area contributed by atoms with Crippen LogP contribution in [-0.2, 0) is 19.6 Å². The highest BCUT2D eigenvalue weighted by Crippen LogP contribution is 2.31. The second-order valence-corrected chi connectivity index (χ2v) is 9.11. The molecule has 3 N–H and O–H groups in total. The number of aromatic hydroxyl groups is 1. The van der Waals surface area contributed by atoms with Crippen molar-refractivity contribution < 1.29 is 23.1 Å². The van der Waals surface area contributed by atoms with E-state index in [1.165, 1.54) is 12.1 Å². The molecular weight excluding hydrogens is 454 g/mol. The first-order chi connectivity index (χ1) is 16.4. The summed E-state index contributed by atoms with van der Waals surface area (Å²) in [6, 6.07) is 22.9. The van der Waals surface area contributed by atoms with Gasteiger partial charge in [-0.2, -0.15) is 4.72 Å². The molecule has 0 aliphatic heterocycles. The van der Waals surface area contributed by atoms with Gasteiger partial charge in [0.15, 0.2) is 5.88 Å². The molecule has 9 heteroatoms. The van der Waals surface area contributed by atoms with E-state index in [0.717, 1.165) is 16.5 Å². The molecule has 4 aromatic rings. The van der Waals surface area contributed by atoms with E-state index in [2.05, 4.69) is 9.71 Å². The largest absolute Gasteiger partial charge is 0.494 e. The van der Waals surface area contributed by atoms with Crippen LogP contribution in [0.4, 0.5) is 5.69 Å². The van der Waals surface area contributed by atoms with E-state index in [4.69, 9.17) is 9.73 Å². The van der Waals surface area contributed by atoms with Crippen molar-refractivity contribution in [3.63, 3.8) is 0 Å². The Morgan fingerprint density at radius 1 is 1.00 bits per heavy atom. The van der Waals surface area contributed by atoms with Crippen LogP contribution < -0.4 is 4.72 Å². The number of aromatic nitrogens is 1. The minimum absolute atomic E-state index is 0.00745. The third-order valence-corrected chi connectivity index (χ3v) is 6.49. The molecule has 0 unspecified atom stereocenters. The molecule has 1 heterocycles. The van der Waals surface area contributed by atoms with Crippen LogP contribution >= 0.6 is 0 Å². The third kappa shape index (κ3) is 5.00. The number of nitrogens with zero attached hydrogens (tertiary/aromatic N) is 1. The van der Waals surface area contributed by atoms with Gasteiger partial charge in [0.25, 0.3) is 0 Å². The SMILES string of the molecule is CCOC(=O)CNS(=O)(=O)c1ccc(N=C(c2ccccc2)c2c(O)[nH]c3ccccc23)cc1. The highest BCUT2D eigenvalue weighted by molar-refractivity contribution is 7.89. The van der Waals surface area contributed by atoms with Gasteiger partial charge >= 0.3 is 5.97 Å². The highest BCUT2D eigenvalue weighted by atomic mass is 32.2. The molecular formula is C25H23N3O5S. The van der Waals surface area contributed by atoms with Crippen molar-refractivity contribution in [2.75, 3.05) is 13.2 Å². The standard InChI is InChI=1S/C25H23N3O5S/c1-2-33-22(29)16-26-34(31,32)19-14-12-18(13-15-19)27-24(17-8-4-3-5-9-17)23-20-10-6-7-11-21(20)28-25(23)30/h3-15,26,28,30H,2,16H2,1H3. The molecule has 0 aliphatic carbocycles. The number of carbonyl (C=O) groups excluding carboxylic acids is 1. The van der Waals surface area contributed by atoms with Crippen LogP contribution in [0.1, 0.15) is 18.1 Å². The maximum Gasteiger partial charge on any atom is 0.321 e. The normalized spacial score (nSPS) is 12.1. The molecule has 0 atom stereocenters. The summed E-state index contributed by atoms with van der Waals surface area (Å²) in [5.74, 6) is -0.662. The quantitative estimate of drug-likeness (QED) is 0.263. The van der Waals surface area contributed by atoms with E-state index < -0.39 is 22.5 Å². The molecule has 34 heavy (non-hydrogen) atoms. The average molecular weight is 478 g/mol. The van der Waals surface area contributed by atoms with Crippen LogP contribution in [0.5, 0.6) is 5.88 Å². The van der Waals surface area contributed by atoms with E-state index in [9.17, 15) is 18.3 Å². The Morgan fingerprint density at radius 3 is 2.38 bits per heavy atom. The topological polar surface area (TPSA) is 121 Å². The van der Waals surface area contributed by atoms with Crippen LogP contribution in [-0.4, -0.2) is 43.3 Å². The lowest BCUT2D eigenvalue weighted by Crippen LogP contribution is -2.30.